The number of amides is 1. The van der Waals surface area contributed by atoms with E-state index in [1.807, 2.05) is 6.07 Å². The minimum Gasteiger partial charge on any atom is -0.548 e. The highest BCUT2D eigenvalue weighted by Crippen LogP contribution is 2.44. The van der Waals surface area contributed by atoms with Gasteiger partial charge in [0.05, 0.1) is 19.1 Å². The highest BCUT2D eigenvalue weighted by Gasteiger charge is 2.40. The Morgan fingerprint density at radius 3 is 2.68 bits per heavy atom. The number of hydrogen-bond donors (Lipinski definition) is 0. The molecule has 7 heteroatoms. The molecule has 0 radical (unpaired) electrons. The second kappa shape index (κ2) is 7.37. The van der Waals surface area contributed by atoms with Crippen molar-refractivity contribution >= 4 is 35.2 Å². The third-order valence-corrected chi connectivity index (χ3v) is 5.64. The van der Waals surface area contributed by atoms with Crippen molar-refractivity contribution in [1.29, 1.82) is 0 Å². The van der Waals surface area contributed by atoms with Gasteiger partial charge in [-0.15, -0.1) is 11.8 Å². The number of benzene rings is 2. The van der Waals surface area contributed by atoms with E-state index in [0.29, 0.717) is 21.9 Å². The Bertz CT molecular complexity index is 813. The largest absolute Gasteiger partial charge is 0.548 e. The van der Waals surface area contributed by atoms with Gasteiger partial charge in [-0.1, -0.05) is 35.9 Å². The summed E-state index contributed by atoms with van der Waals surface area (Å²) in [5.74, 6) is -0.910. The van der Waals surface area contributed by atoms with Crippen LogP contribution in [0.3, 0.4) is 0 Å². The second-order valence-electron chi connectivity index (χ2n) is 5.49. The van der Waals surface area contributed by atoms with E-state index in [2.05, 4.69) is 0 Å². The van der Waals surface area contributed by atoms with Gasteiger partial charge in [-0.05, 0) is 24.3 Å². The molecule has 5 nitrogen and oxygen atoms in total. The van der Waals surface area contributed by atoms with E-state index in [4.69, 9.17) is 16.3 Å². The molecule has 2 atom stereocenters. The van der Waals surface area contributed by atoms with E-state index in [-0.39, 0.29) is 5.75 Å². The van der Waals surface area contributed by atoms with Crippen LogP contribution >= 0.6 is 23.4 Å². The molecule has 1 aliphatic heterocycles. The normalized spacial score (nSPS) is 19.7. The summed E-state index contributed by atoms with van der Waals surface area (Å²) in [4.78, 5) is 25.9. The zero-order valence-electron chi connectivity index (χ0n) is 13.3. The highest BCUT2D eigenvalue weighted by atomic mass is 35.5. The van der Waals surface area contributed by atoms with E-state index in [0.717, 1.165) is 0 Å². The Morgan fingerprint density at radius 2 is 2.00 bits per heavy atom. The molecule has 0 unspecified atom stereocenters. The summed E-state index contributed by atoms with van der Waals surface area (Å²) in [5.41, 5.74) is 1.05. The number of ether oxygens (including phenoxy) is 1. The minimum atomic E-state index is -1.28. The van der Waals surface area contributed by atoms with Crippen molar-refractivity contribution < 1.29 is 19.4 Å². The molecule has 2 aromatic carbocycles. The molecule has 1 saturated heterocycles. The maximum absolute atomic E-state index is 13.0. The van der Waals surface area contributed by atoms with E-state index in [9.17, 15) is 14.7 Å². The number of carbonyl (C=O) groups excluding carboxylic acids is 2. The summed E-state index contributed by atoms with van der Waals surface area (Å²) >= 11 is 7.62. The number of carboxylic acids is 1. The number of methoxy groups -OCH3 is 1. The number of hydrogen-bond acceptors (Lipinski definition) is 5. The lowest BCUT2D eigenvalue weighted by Gasteiger charge is -2.30. The lowest BCUT2D eigenvalue weighted by Crippen LogP contribution is -2.49. The topological polar surface area (TPSA) is 69.7 Å². The molecular formula is C18H15ClNO4S-. The number of rotatable bonds is 4. The van der Waals surface area contributed by atoms with Crippen LogP contribution in [0.15, 0.2) is 48.5 Å². The summed E-state index contributed by atoms with van der Waals surface area (Å²) in [6, 6.07) is 12.7. The first kappa shape index (κ1) is 17.6. The molecule has 2 aromatic rings. The molecule has 0 aromatic heterocycles. The first-order valence-corrected chi connectivity index (χ1v) is 8.99. The monoisotopic (exact) mass is 376 g/mol. The molecule has 1 fully saturated rings. The fourth-order valence-electron chi connectivity index (χ4n) is 2.76. The molecule has 0 aliphatic carbocycles. The average Bonchev–Trinajstić information content (AvgIpc) is 3.06. The van der Waals surface area contributed by atoms with Crippen molar-refractivity contribution in [2.75, 3.05) is 12.9 Å². The van der Waals surface area contributed by atoms with Gasteiger partial charge >= 0.3 is 0 Å². The molecule has 1 amide bonds. The van der Waals surface area contributed by atoms with Crippen molar-refractivity contribution in [2.45, 2.75) is 11.4 Å². The maximum atomic E-state index is 13.0. The summed E-state index contributed by atoms with van der Waals surface area (Å²) in [5, 5.41) is 11.6. The Kier molecular flexibility index (Phi) is 5.20. The first-order valence-electron chi connectivity index (χ1n) is 7.56. The first-order chi connectivity index (χ1) is 12.0. The molecule has 1 aliphatic rings. The molecule has 1 heterocycles. The number of nitrogens with zero attached hydrogens (tertiary/aromatic N) is 1. The average molecular weight is 377 g/mol. The van der Waals surface area contributed by atoms with Gasteiger partial charge in [-0.3, -0.25) is 4.79 Å². The molecule has 3 rings (SSSR count). The molecule has 0 spiro atoms. The van der Waals surface area contributed by atoms with Crippen LogP contribution in [-0.4, -0.2) is 35.7 Å². The molecule has 0 N–H and O–H groups in total. The van der Waals surface area contributed by atoms with Gasteiger partial charge in [0, 0.05) is 21.9 Å². The maximum Gasteiger partial charge on any atom is 0.255 e. The summed E-state index contributed by atoms with van der Waals surface area (Å²) < 4.78 is 5.15. The van der Waals surface area contributed by atoms with Gasteiger partial charge in [0.2, 0.25) is 0 Å². The molecule has 25 heavy (non-hydrogen) atoms. The van der Waals surface area contributed by atoms with Crippen molar-refractivity contribution in [1.82, 2.24) is 4.90 Å². The van der Waals surface area contributed by atoms with E-state index in [1.54, 1.807) is 42.5 Å². The zero-order chi connectivity index (χ0) is 18.0. The smallest absolute Gasteiger partial charge is 0.255 e. The van der Waals surface area contributed by atoms with Gasteiger partial charge in [0.1, 0.15) is 11.1 Å². The number of thioether (sulfide) groups is 1. The predicted octanol–water partition coefficient (Wildman–Crippen LogP) is 2.35. The summed E-state index contributed by atoms with van der Waals surface area (Å²) in [6.45, 7) is 0. The number of halogens is 1. The molecular weight excluding hydrogens is 362 g/mol. The highest BCUT2D eigenvalue weighted by molar-refractivity contribution is 7.99. The summed E-state index contributed by atoms with van der Waals surface area (Å²) in [6.07, 6.45) is 0. The van der Waals surface area contributed by atoms with Crippen molar-refractivity contribution in [3.05, 3.63) is 64.7 Å². The van der Waals surface area contributed by atoms with Gasteiger partial charge < -0.3 is 19.5 Å². The van der Waals surface area contributed by atoms with Crippen LogP contribution in [0.4, 0.5) is 0 Å². The quantitative estimate of drug-likeness (QED) is 0.819. The van der Waals surface area contributed by atoms with Crippen LogP contribution in [0.25, 0.3) is 0 Å². The van der Waals surface area contributed by atoms with Crippen LogP contribution in [-0.2, 0) is 4.79 Å². The molecule has 0 bridgehead atoms. The van der Waals surface area contributed by atoms with Crippen LogP contribution in [0.1, 0.15) is 21.3 Å². The van der Waals surface area contributed by atoms with Crippen molar-refractivity contribution in [3.63, 3.8) is 0 Å². The van der Waals surface area contributed by atoms with Gasteiger partial charge in [-0.2, -0.15) is 0 Å². The van der Waals surface area contributed by atoms with E-state index in [1.165, 1.54) is 23.8 Å². The number of carbonyl (C=O) groups is 2. The Hall–Kier alpha value is -2.18. The Morgan fingerprint density at radius 1 is 1.24 bits per heavy atom. The lowest BCUT2D eigenvalue weighted by molar-refractivity contribution is -0.310. The van der Waals surface area contributed by atoms with Crippen molar-refractivity contribution in [2.24, 2.45) is 0 Å². The van der Waals surface area contributed by atoms with Gasteiger partial charge in [0.25, 0.3) is 5.91 Å². The number of aliphatic carboxylic acids is 1. The summed E-state index contributed by atoms with van der Waals surface area (Å²) in [7, 11) is 1.51. The Balaban J connectivity index is 2.01. The standard InChI is InChI=1S/C18H16ClNO4S/c1-24-12-6-4-5-11(9-12)16(21)20-15(18(22)23)10-25-17(20)13-7-2-3-8-14(13)19/h2-9,15,17H,10H2,1H3,(H,22,23)/p-1/t15-,17+/m0/s1. The number of carboxylic acid groups (broad SMARTS) is 1. The van der Waals surface area contributed by atoms with Gasteiger partial charge in [-0.25, -0.2) is 0 Å². The predicted molar refractivity (Wildman–Crippen MR) is 94.6 cm³/mol. The second-order valence-corrected chi connectivity index (χ2v) is 7.01. The van der Waals surface area contributed by atoms with Crippen molar-refractivity contribution in [3.8, 4) is 5.75 Å². The van der Waals surface area contributed by atoms with Gasteiger partial charge in [0.15, 0.2) is 0 Å². The fraction of sp³-hybridized carbons (Fsp3) is 0.222. The molecule has 0 saturated carbocycles. The van der Waals surface area contributed by atoms with Crippen LogP contribution in [0, 0.1) is 0 Å². The zero-order valence-corrected chi connectivity index (χ0v) is 14.9. The van der Waals surface area contributed by atoms with Crippen LogP contribution in [0.2, 0.25) is 5.02 Å². The third-order valence-electron chi connectivity index (χ3n) is 3.99. The van der Waals surface area contributed by atoms with Crippen LogP contribution < -0.4 is 9.84 Å². The fourth-order valence-corrected chi connectivity index (χ4v) is 4.51. The van der Waals surface area contributed by atoms with E-state index < -0.39 is 23.3 Å². The van der Waals surface area contributed by atoms with Crippen LogP contribution in [0.5, 0.6) is 5.75 Å². The SMILES string of the molecule is COc1cccc(C(=O)N2[C@@H](c3ccccc3Cl)SC[C@H]2C(=O)[O-])c1. The molecule has 130 valence electrons. The lowest BCUT2D eigenvalue weighted by atomic mass is 10.1. The third kappa shape index (κ3) is 3.45. The van der Waals surface area contributed by atoms with E-state index >= 15 is 0 Å². The Labute approximate surface area is 154 Å². The minimum absolute atomic E-state index is 0.244.